The molecule has 0 bridgehead atoms. The van der Waals surface area contributed by atoms with Gasteiger partial charge in [-0.15, -0.1) is 0 Å². The summed E-state index contributed by atoms with van der Waals surface area (Å²) in [6, 6.07) is 12.6. The first-order valence-electron chi connectivity index (χ1n) is 10.3. The minimum absolute atomic E-state index is 0.0750. The van der Waals surface area contributed by atoms with Crippen molar-refractivity contribution in [3.05, 3.63) is 65.4 Å². The van der Waals surface area contributed by atoms with Gasteiger partial charge in [0.2, 0.25) is 10.0 Å². The largest absolute Gasteiger partial charge is 0.493 e. The summed E-state index contributed by atoms with van der Waals surface area (Å²) in [5.41, 5.74) is 3.12. The van der Waals surface area contributed by atoms with Crippen molar-refractivity contribution in [3.63, 3.8) is 0 Å². The standard InChI is InChI=1S/C23H23N3O4S/c1-16-13-18-3-2-4-21(22(18)24-15-16)31(28,29)26-10-8-25(9-11-26)23(27)19-5-6-20-17(14-19)7-12-30-20/h2-6,13-15H,7-12H2,1H3. The van der Waals surface area contributed by atoms with Crippen LogP contribution in [-0.2, 0) is 16.4 Å². The number of sulfonamides is 1. The average Bonchev–Trinajstić information content (AvgIpc) is 3.26. The lowest BCUT2D eigenvalue weighted by Gasteiger charge is -2.34. The normalized spacial score (nSPS) is 16.9. The van der Waals surface area contributed by atoms with Crippen LogP contribution in [0.5, 0.6) is 5.75 Å². The van der Waals surface area contributed by atoms with Crippen LogP contribution in [0.15, 0.2) is 53.6 Å². The number of carbonyl (C=O) groups is 1. The third-order valence-electron chi connectivity index (χ3n) is 5.89. The lowest BCUT2D eigenvalue weighted by molar-refractivity contribution is 0.0698. The third-order valence-corrected chi connectivity index (χ3v) is 7.82. The molecule has 0 aliphatic carbocycles. The Hall–Kier alpha value is -2.97. The van der Waals surface area contributed by atoms with Gasteiger partial charge in [0.15, 0.2) is 0 Å². The Bertz CT molecular complexity index is 1280. The highest BCUT2D eigenvalue weighted by Crippen LogP contribution is 2.28. The van der Waals surface area contributed by atoms with Gasteiger partial charge in [-0.1, -0.05) is 12.1 Å². The van der Waals surface area contributed by atoms with Crippen molar-refractivity contribution in [3.8, 4) is 5.75 Å². The van der Waals surface area contributed by atoms with Crippen LogP contribution in [-0.4, -0.2) is 61.3 Å². The minimum Gasteiger partial charge on any atom is -0.493 e. The van der Waals surface area contributed by atoms with E-state index >= 15 is 0 Å². The summed E-state index contributed by atoms with van der Waals surface area (Å²) < 4.78 is 33.6. The van der Waals surface area contributed by atoms with Crippen LogP contribution in [0.4, 0.5) is 0 Å². The SMILES string of the molecule is Cc1cnc2c(S(=O)(=O)N3CCN(C(=O)c4ccc5c(c4)CCO5)CC3)cccc2c1. The van der Waals surface area contributed by atoms with E-state index in [0.29, 0.717) is 30.8 Å². The Morgan fingerprint density at radius 1 is 1.06 bits per heavy atom. The van der Waals surface area contributed by atoms with Gasteiger partial charge in [0.25, 0.3) is 5.91 Å². The number of fused-ring (bicyclic) bond motifs is 2. The van der Waals surface area contributed by atoms with E-state index in [1.54, 1.807) is 29.3 Å². The summed E-state index contributed by atoms with van der Waals surface area (Å²) in [6.07, 6.45) is 2.49. The van der Waals surface area contributed by atoms with Crippen molar-refractivity contribution in [2.45, 2.75) is 18.2 Å². The van der Waals surface area contributed by atoms with E-state index in [0.717, 1.165) is 28.7 Å². The number of pyridine rings is 1. The quantitative estimate of drug-likeness (QED) is 0.629. The van der Waals surface area contributed by atoms with Gasteiger partial charge in [0, 0.05) is 49.7 Å². The molecule has 0 unspecified atom stereocenters. The van der Waals surface area contributed by atoms with E-state index in [4.69, 9.17) is 4.74 Å². The number of piperazine rings is 1. The highest BCUT2D eigenvalue weighted by molar-refractivity contribution is 7.89. The molecule has 5 rings (SSSR count). The molecule has 0 radical (unpaired) electrons. The van der Waals surface area contributed by atoms with Crippen molar-refractivity contribution in [1.82, 2.24) is 14.2 Å². The molecule has 0 spiro atoms. The number of amides is 1. The molecule has 1 saturated heterocycles. The predicted molar refractivity (Wildman–Crippen MR) is 117 cm³/mol. The fraction of sp³-hybridized carbons (Fsp3) is 0.304. The van der Waals surface area contributed by atoms with Crippen LogP contribution in [0, 0.1) is 6.92 Å². The first-order valence-corrected chi connectivity index (χ1v) is 11.8. The van der Waals surface area contributed by atoms with Crippen LogP contribution in [0.2, 0.25) is 0 Å². The molecule has 160 valence electrons. The van der Waals surface area contributed by atoms with Gasteiger partial charge in [0.05, 0.1) is 12.1 Å². The van der Waals surface area contributed by atoms with E-state index in [1.165, 1.54) is 4.31 Å². The third kappa shape index (κ3) is 3.55. The zero-order valence-corrected chi connectivity index (χ0v) is 18.1. The molecule has 7 nitrogen and oxygen atoms in total. The Kier molecular flexibility index (Phi) is 4.91. The minimum atomic E-state index is -3.71. The number of carbonyl (C=O) groups excluding carboxylic acids is 1. The zero-order valence-electron chi connectivity index (χ0n) is 17.2. The fourth-order valence-electron chi connectivity index (χ4n) is 4.22. The first kappa shape index (κ1) is 20.0. The van der Waals surface area contributed by atoms with Gasteiger partial charge in [-0.2, -0.15) is 4.31 Å². The summed E-state index contributed by atoms with van der Waals surface area (Å²) >= 11 is 0. The van der Waals surface area contributed by atoms with Gasteiger partial charge in [-0.3, -0.25) is 9.78 Å². The maximum Gasteiger partial charge on any atom is 0.253 e. The van der Waals surface area contributed by atoms with Crippen molar-refractivity contribution in [2.24, 2.45) is 0 Å². The molecule has 8 heteroatoms. The number of aromatic nitrogens is 1. The maximum atomic E-state index is 13.3. The Labute approximate surface area is 181 Å². The molecule has 1 aromatic heterocycles. The number of hydrogen-bond donors (Lipinski definition) is 0. The summed E-state index contributed by atoms with van der Waals surface area (Å²) in [7, 11) is -3.71. The number of benzene rings is 2. The van der Waals surface area contributed by atoms with Crippen LogP contribution < -0.4 is 4.74 Å². The van der Waals surface area contributed by atoms with E-state index in [-0.39, 0.29) is 23.9 Å². The molecular formula is C23H23N3O4S. The number of aryl methyl sites for hydroxylation is 1. The summed E-state index contributed by atoms with van der Waals surface area (Å²) in [6.45, 7) is 3.78. The van der Waals surface area contributed by atoms with Crippen molar-refractivity contribution >= 4 is 26.8 Å². The molecule has 0 atom stereocenters. The molecule has 0 N–H and O–H groups in total. The zero-order chi connectivity index (χ0) is 21.6. The number of ether oxygens (including phenoxy) is 1. The Morgan fingerprint density at radius 2 is 1.87 bits per heavy atom. The molecule has 3 aromatic rings. The topological polar surface area (TPSA) is 79.8 Å². The first-order chi connectivity index (χ1) is 14.9. The molecule has 2 aliphatic rings. The van der Waals surface area contributed by atoms with Crippen LogP contribution in [0.3, 0.4) is 0 Å². The maximum absolute atomic E-state index is 13.3. The fourth-order valence-corrected chi connectivity index (χ4v) is 5.81. The van der Waals surface area contributed by atoms with E-state index in [9.17, 15) is 13.2 Å². The predicted octanol–water partition coefficient (Wildman–Crippen LogP) is 2.62. The molecule has 2 aliphatic heterocycles. The Balaban J connectivity index is 1.34. The van der Waals surface area contributed by atoms with Gasteiger partial charge >= 0.3 is 0 Å². The summed E-state index contributed by atoms with van der Waals surface area (Å²) in [4.78, 5) is 19.2. The number of rotatable bonds is 3. The van der Waals surface area contributed by atoms with Gasteiger partial charge < -0.3 is 9.64 Å². The number of para-hydroxylation sites is 1. The number of nitrogens with zero attached hydrogens (tertiary/aromatic N) is 3. The second-order valence-corrected chi connectivity index (χ2v) is 9.86. The lowest BCUT2D eigenvalue weighted by Crippen LogP contribution is -2.50. The van der Waals surface area contributed by atoms with Crippen LogP contribution >= 0.6 is 0 Å². The second-order valence-electron chi connectivity index (χ2n) is 7.96. The van der Waals surface area contributed by atoms with Crippen molar-refractivity contribution in [2.75, 3.05) is 32.8 Å². The van der Waals surface area contributed by atoms with E-state index in [1.807, 2.05) is 31.2 Å². The molecule has 3 heterocycles. The molecule has 0 saturated carbocycles. The molecule has 2 aromatic carbocycles. The molecule has 1 fully saturated rings. The summed E-state index contributed by atoms with van der Waals surface area (Å²) in [5.74, 6) is 0.764. The van der Waals surface area contributed by atoms with Gasteiger partial charge in [-0.05, 0) is 48.4 Å². The van der Waals surface area contributed by atoms with Crippen LogP contribution in [0.25, 0.3) is 10.9 Å². The Morgan fingerprint density at radius 3 is 2.68 bits per heavy atom. The second kappa shape index (κ2) is 7.62. The van der Waals surface area contributed by atoms with Crippen molar-refractivity contribution < 1.29 is 17.9 Å². The smallest absolute Gasteiger partial charge is 0.253 e. The van der Waals surface area contributed by atoms with E-state index < -0.39 is 10.0 Å². The molecule has 1 amide bonds. The van der Waals surface area contributed by atoms with Gasteiger partial charge in [0.1, 0.15) is 10.6 Å². The lowest BCUT2D eigenvalue weighted by atomic mass is 10.1. The van der Waals surface area contributed by atoms with Crippen molar-refractivity contribution in [1.29, 1.82) is 0 Å². The molecular weight excluding hydrogens is 414 g/mol. The average molecular weight is 438 g/mol. The summed E-state index contributed by atoms with van der Waals surface area (Å²) in [5, 5.41) is 0.801. The highest BCUT2D eigenvalue weighted by Gasteiger charge is 2.32. The van der Waals surface area contributed by atoms with Gasteiger partial charge in [-0.25, -0.2) is 8.42 Å². The highest BCUT2D eigenvalue weighted by atomic mass is 32.2. The van der Waals surface area contributed by atoms with Crippen LogP contribution in [0.1, 0.15) is 21.5 Å². The monoisotopic (exact) mass is 437 g/mol. The molecule has 31 heavy (non-hydrogen) atoms. The number of hydrogen-bond acceptors (Lipinski definition) is 5. The van der Waals surface area contributed by atoms with E-state index in [2.05, 4.69) is 4.98 Å².